The number of benzene rings is 2. The first kappa shape index (κ1) is 24.9. The fourth-order valence-electron chi connectivity index (χ4n) is 3.51. The maximum Gasteiger partial charge on any atom is 0.428 e. The Labute approximate surface area is 202 Å². The molecule has 0 aliphatic heterocycles. The first-order chi connectivity index (χ1) is 17.1. The van der Waals surface area contributed by atoms with Crippen LogP contribution in [0.1, 0.15) is 0 Å². The van der Waals surface area contributed by atoms with Crippen LogP contribution in [0.3, 0.4) is 0 Å². The molecule has 0 N–H and O–H groups in total. The Hall–Kier alpha value is -4.26. The Balaban J connectivity index is 1.98. The summed E-state index contributed by atoms with van der Waals surface area (Å²) in [6.07, 6.45) is 2.74. The smallest absolute Gasteiger partial charge is 0.428 e. The number of amides is 1. The number of hydrogen-bond donors (Lipinski definition) is 0. The van der Waals surface area contributed by atoms with Crippen LogP contribution < -0.4 is 4.31 Å². The topological polar surface area (TPSA) is 94.4 Å². The molecule has 0 unspecified atom stereocenters. The Morgan fingerprint density at radius 3 is 2.33 bits per heavy atom. The molecule has 13 heteroatoms. The molecule has 0 aliphatic carbocycles. The van der Waals surface area contributed by atoms with E-state index in [-0.39, 0.29) is 15.6 Å². The zero-order valence-corrected chi connectivity index (χ0v) is 19.4. The van der Waals surface area contributed by atoms with Crippen LogP contribution in [0.4, 0.5) is 28.0 Å². The Morgan fingerprint density at radius 1 is 1.00 bits per heavy atom. The second-order valence-corrected chi connectivity index (χ2v) is 9.13. The second kappa shape index (κ2) is 9.41. The van der Waals surface area contributed by atoms with Gasteiger partial charge in [0.05, 0.1) is 12.7 Å². The van der Waals surface area contributed by atoms with Gasteiger partial charge >= 0.3 is 6.09 Å². The molecule has 0 bridgehead atoms. The average Bonchev–Trinajstić information content (AvgIpc) is 3.23. The fraction of sp³-hybridized carbons (Fsp3) is 0.0870. The third kappa shape index (κ3) is 4.28. The molecule has 8 nitrogen and oxygen atoms in total. The molecule has 0 aliphatic rings. The van der Waals surface area contributed by atoms with Gasteiger partial charge in [0.1, 0.15) is 33.7 Å². The van der Waals surface area contributed by atoms with Gasteiger partial charge in [0, 0.05) is 31.2 Å². The number of carbonyl (C=O) groups is 1. The van der Waals surface area contributed by atoms with Crippen LogP contribution in [-0.2, 0) is 21.8 Å². The van der Waals surface area contributed by atoms with E-state index in [9.17, 15) is 22.0 Å². The number of sulfonamides is 1. The van der Waals surface area contributed by atoms with Gasteiger partial charge < -0.3 is 4.74 Å². The maximum absolute atomic E-state index is 15.9. The molecule has 0 saturated carbocycles. The summed E-state index contributed by atoms with van der Waals surface area (Å²) in [5.74, 6) is -5.16. The van der Waals surface area contributed by atoms with Crippen molar-refractivity contribution >= 4 is 21.8 Å². The minimum absolute atomic E-state index is 0.209. The van der Waals surface area contributed by atoms with Crippen molar-refractivity contribution in [3.63, 3.8) is 0 Å². The Morgan fingerprint density at radius 2 is 1.67 bits per heavy atom. The van der Waals surface area contributed by atoms with Gasteiger partial charge in [-0.25, -0.2) is 30.8 Å². The molecule has 0 spiro atoms. The summed E-state index contributed by atoms with van der Waals surface area (Å²) in [5.41, 5.74) is -1.19. The zero-order valence-electron chi connectivity index (χ0n) is 18.6. The molecule has 1 amide bonds. The summed E-state index contributed by atoms with van der Waals surface area (Å²) < 4.78 is 91.0. The third-order valence-corrected chi connectivity index (χ3v) is 6.79. The highest BCUT2D eigenvalue weighted by molar-refractivity contribution is 7.93. The Kier molecular flexibility index (Phi) is 6.50. The van der Waals surface area contributed by atoms with Crippen LogP contribution in [0.5, 0.6) is 0 Å². The van der Waals surface area contributed by atoms with E-state index in [4.69, 9.17) is 0 Å². The molecule has 0 saturated heterocycles. The summed E-state index contributed by atoms with van der Waals surface area (Å²) in [7, 11) is -2.96. The first-order valence-corrected chi connectivity index (χ1v) is 11.5. The number of aryl methyl sites for hydroxylation is 1. The van der Waals surface area contributed by atoms with Gasteiger partial charge in [-0.05, 0) is 48.0 Å². The molecule has 2 aromatic heterocycles. The van der Waals surface area contributed by atoms with E-state index < -0.39 is 55.5 Å². The van der Waals surface area contributed by atoms with Crippen molar-refractivity contribution in [1.82, 2.24) is 14.8 Å². The first-order valence-electron chi connectivity index (χ1n) is 10.1. The molecular formula is C23H16F4N4O4S. The fourth-order valence-corrected chi connectivity index (χ4v) is 4.96. The van der Waals surface area contributed by atoms with Gasteiger partial charge in [-0.15, -0.1) is 0 Å². The normalized spacial score (nSPS) is 11.4. The van der Waals surface area contributed by atoms with Crippen molar-refractivity contribution in [1.29, 1.82) is 0 Å². The minimum atomic E-state index is -5.26. The zero-order chi connectivity index (χ0) is 26.2. The van der Waals surface area contributed by atoms with Crippen LogP contribution in [0, 0.1) is 23.3 Å². The van der Waals surface area contributed by atoms with Crippen molar-refractivity contribution in [3.05, 3.63) is 84.3 Å². The van der Waals surface area contributed by atoms with Crippen molar-refractivity contribution in [3.8, 4) is 22.4 Å². The van der Waals surface area contributed by atoms with Crippen LogP contribution in [0.15, 0.2) is 66.0 Å². The molecule has 186 valence electrons. The van der Waals surface area contributed by atoms with Crippen molar-refractivity contribution < 1.29 is 35.5 Å². The van der Waals surface area contributed by atoms with Gasteiger partial charge in [0.2, 0.25) is 0 Å². The number of nitrogens with zero attached hydrogens (tertiary/aromatic N) is 4. The molecular weight excluding hydrogens is 504 g/mol. The molecule has 0 atom stereocenters. The van der Waals surface area contributed by atoms with Crippen LogP contribution in [0.2, 0.25) is 0 Å². The van der Waals surface area contributed by atoms with Crippen molar-refractivity contribution in [2.45, 2.75) is 4.90 Å². The SMILES string of the molecule is COC(=O)N(c1ccc(F)c(-c2nn(C)cc2-c2ccncc2)c1F)S(=O)(=O)c1cc(F)ccc1F. The van der Waals surface area contributed by atoms with Gasteiger partial charge in [-0.2, -0.15) is 9.40 Å². The maximum atomic E-state index is 15.9. The van der Waals surface area contributed by atoms with E-state index in [1.165, 1.54) is 30.3 Å². The number of halogens is 4. The molecule has 0 fully saturated rings. The van der Waals surface area contributed by atoms with E-state index in [0.29, 0.717) is 35.9 Å². The van der Waals surface area contributed by atoms with E-state index in [0.717, 1.165) is 7.11 Å². The predicted octanol–water partition coefficient (Wildman–Crippen LogP) is 4.67. The summed E-state index contributed by atoms with van der Waals surface area (Å²) in [5, 5.41) is 4.11. The van der Waals surface area contributed by atoms with E-state index >= 15 is 8.78 Å². The molecule has 36 heavy (non-hydrogen) atoms. The van der Waals surface area contributed by atoms with Gasteiger partial charge in [0.15, 0.2) is 5.82 Å². The van der Waals surface area contributed by atoms with Crippen molar-refractivity contribution in [2.75, 3.05) is 11.4 Å². The lowest BCUT2D eigenvalue weighted by atomic mass is 10.0. The minimum Gasteiger partial charge on any atom is -0.452 e. The average molecular weight is 520 g/mol. The molecule has 4 rings (SSSR count). The third-order valence-electron chi connectivity index (χ3n) is 5.10. The van der Waals surface area contributed by atoms with Crippen LogP contribution in [0.25, 0.3) is 22.4 Å². The molecule has 2 aromatic carbocycles. The van der Waals surface area contributed by atoms with E-state index in [2.05, 4.69) is 14.8 Å². The summed E-state index contributed by atoms with van der Waals surface area (Å²) >= 11 is 0. The lowest BCUT2D eigenvalue weighted by molar-refractivity contribution is 0.183. The highest BCUT2D eigenvalue weighted by Gasteiger charge is 2.38. The number of methoxy groups -OCH3 is 1. The Bertz CT molecular complexity index is 1580. The molecule has 0 radical (unpaired) electrons. The summed E-state index contributed by atoms with van der Waals surface area (Å²) in [6.45, 7) is 0. The number of pyridine rings is 1. The number of carbonyl (C=O) groups excluding carboxylic acids is 1. The molecule has 4 aromatic rings. The van der Waals surface area contributed by atoms with E-state index in [1.54, 1.807) is 12.1 Å². The highest BCUT2D eigenvalue weighted by Crippen LogP contribution is 2.39. The number of aromatic nitrogens is 3. The molecule has 2 heterocycles. The van der Waals surface area contributed by atoms with Gasteiger partial charge in [-0.3, -0.25) is 9.67 Å². The largest absolute Gasteiger partial charge is 0.452 e. The predicted molar refractivity (Wildman–Crippen MR) is 120 cm³/mol. The summed E-state index contributed by atoms with van der Waals surface area (Å²) in [6, 6.07) is 6.02. The van der Waals surface area contributed by atoms with Crippen LogP contribution >= 0.6 is 0 Å². The lowest BCUT2D eigenvalue weighted by Gasteiger charge is -2.23. The highest BCUT2D eigenvalue weighted by atomic mass is 32.2. The van der Waals surface area contributed by atoms with Crippen molar-refractivity contribution in [2.24, 2.45) is 7.05 Å². The number of rotatable bonds is 5. The second-order valence-electron chi connectivity index (χ2n) is 7.37. The number of hydrogen-bond acceptors (Lipinski definition) is 6. The van der Waals surface area contributed by atoms with Gasteiger partial charge in [-0.1, -0.05) is 0 Å². The van der Waals surface area contributed by atoms with E-state index in [1.807, 2.05) is 0 Å². The van der Waals surface area contributed by atoms with Gasteiger partial charge in [0.25, 0.3) is 10.0 Å². The summed E-state index contributed by atoms with van der Waals surface area (Å²) in [4.78, 5) is 15.2. The lowest BCUT2D eigenvalue weighted by Crippen LogP contribution is -2.38. The van der Waals surface area contributed by atoms with Crippen LogP contribution in [-0.4, -0.2) is 36.4 Å². The monoisotopic (exact) mass is 520 g/mol. The quantitative estimate of drug-likeness (QED) is 0.355. The standard InChI is InChI=1S/C23H16F4N4O4S/c1-30-12-15(13-7-9-28-10-8-13)22(29-30)20-17(26)5-6-18(21(20)27)31(23(32)35-2)36(33,34)19-11-14(24)3-4-16(19)25/h3-12H,1-2H3. The number of ether oxygens (including phenoxy) is 1. The number of anilines is 1.